The van der Waals surface area contributed by atoms with Crippen molar-refractivity contribution in [2.45, 2.75) is 75.1 Å². The van der Waals surface area contributed by atoms with Crippen molar-refractivity contribution >= 4 is 33.7 Å². The number of amides is 2. The first-order chi connectivity index (χ1) is 15.3. The van der Waals surface area contributed by atoms with Crippen molar-refractivity contribution in [3.63, 3.8) is 0 Å². The molecule has 3 saturated heterocycles. The predicted molar refractivity (Wildman–Crippen MR) is 122 cm³/mol. The number of unbranched alkanes of at least 4 members (excludes halogenated alkanes) is 2. The fourth-order valence-corrected chi connectivity index (χ4v) is 6.53. The lowest BCUT2D eigenvalue weighted by Gasteiger charge is -2.38. The maximum Gasteiger partial charge on any atom is 0.312 e. The molecule has 0 aromatic rings. The highest BCUT2D eigenvalue weighted by atomic mass is 79.9. The molecule has 32 heavy (non-hydrogen) atoms. The number of hydrogen-bond acceptors (Lipinski definition) is 6. The van der Waals surface area contributed by atoms with E-state index in [9.17, 15) is 19.5 Å². The molecule has 0 aliphatic carbocycles. The Hall–Kier alpha value is -1.45. The Balaban J connectivity index is 2.03. The Morgan fingerprint density at radius 1 is 1.44 bits per heavy atom. The Kier molecular flexibility index (Phi) is 8.04. The highest BCUT2D eigenvalue weighted by Crippen LogP contribution is 2.60. The predicted octanol–water partition coefficient (Wildman–Crippen LogP) is 1.88. The molecule has 2 amide bonds. The van der Waals surface area contributed by atoms with E-state index in [0.29, 0.717) is 19.5 Å². The van der Waals surface area contributed by atoms with Crippen molar-refractivity contribution in [2.75, 3.05) is 26.3 Å². The van der Waals surface area contributed by atoms with E-state index in [-0.39, 0.29) is 29.9 Å². The molecule has 3 aliphatic heterocycles. The molecule has 7 atom stereocenters. The minimum absolute atomic E-state index is 0.173. The van der Waals surface area contributed by atoms with Crippen molar-refractivity contribution in [2.24, 2.45) is 11.8 Å². The molecule has 9 heteroatoms. The van der Waals surface area contributed by atoms with E-state index >= 15 is 0 Å². The number of halogens is 1. The van der Waals surface area contributed by atoms with Gasteiger partial charge in [0.25, 0.3) is 0 Å². The highest BCUT2D eigenvalue weighted by molar-refractivity contribution is 9.09. The van der Waals surface area contributed by atoms with Gasteiger partial charge in [-0.1, -0.05) is 41.8 Å². The van der Waals surface area contributed by atoms with Gasteiger partial charge in [0.2, 0.25) is 11.8 Å². The van der Waals surface area contributed by atoms with Crippen LogP contribution < -0.4 is 0 Å². The fourth-order valence-electron chi connectivity index (χ4n) is 5.59. The summed E-state index contributed by atoms with van der Waals surface area (Å²) in [6.45, 7) is 10.1. The lowest BCUT2D eigenvalue weighted by atomic mass is 9.70. The van der Waals surface area contributed by atoms with Gasteiger partial charge >= 0.3 is 5.97 Å². The summed E-state index contributed by atoms with van der Waals surface area (Å²) in [7, 11) is 0. The molecule has 0 radical (unpaired) electrons. The van der Waals surface area contributed by atoms with Gasteiger partial charge in [-0.3, -0.25) is 14.4 Å². The number of esters is 1. The first-order valence-corrected chi connectivity index (χ1v) is 12.5. The third kappa shape index (κ3) is 4.01. The average Bonchev–Trinajstić information content (AvgIpc) is 3.36. The number of hydrogen-bond donors (Lipinski definition) is 1. The molecule has 3 aliphatic rings. The van der Waals surface area contributed by atoms with Gasteiger partial charge in [0.05, 0.1) is 37.2 Å². The second-order valence-electron chi connectivity index (χ2n) is 8.97. The number of carbonyl (C=O) groups is 3. The summed E-state index contributed by atoms with van der Waals surface area (Å²) in [5.74, 6) is -2.60. The molecule has 8 nitrogen and oxygen atoms in total. The molecule has 2 bridgehead atoms. The zero-order chi connectivity index (χ0) is 23.6. The topological polar surface area (TPSA) is 96.4 Å². The van der Waals surface area contributed by atoms with E-state index in [1.54, 1.807) is 24.8 Å². The minimum atomic E-state index is -1.13. The van der Waals surface area contributed by atoms with Crippen LogP contribution in [0.2, 0.25) is 0 Å². The van der Waals surface area contributed by atoms with Gasteiger partial charge in [-0.2, -0.15) is 0 Å². The van der Waals surface area contributed by atoms with Crippen LogP contribution in [-0.4, -0.2) is 87.6 Å². The van der Waals surface area contributed by atoms with Crippen LogP contribution in [0, 0.1) is 11.8 Å². The molecule has 3 fully saturated rings. The molecule has 3 heterocycles. The Morgan fingerprint density at radius 3 is 2.75 bits per heavy atom. The van der Waals surface area contributed by atoms with E-state index in [1.165, 1.54) is 4.90 Å². The van der Waals surface area contributed by atoms with Gasteiger partial charge in [0.1, 0.15) is 11.6 Å². The Morgan fingerprint density at radius 2 is 2.16 bits per heavy atom. The third-order valence-electron chi connectivity index (χ3n) is 6.95. The number of carbonyl (C=O) groups excluding carboxylic acids is 3. The molecule has 3 rings (SSSR count). The van der Waals surface area contributed by atoms with Gasteiger partial charge in [0, 0.05) is 17.9 Å². The van der Waals surface area contributed by atoms with Crippen LogP contribution in [0.4, 0.5) is 0 Å². The van der Waals surface area contributed by atoms with Crippen molar-refractivity contribution in [1.29, 1.82) is 0 Å². The number of rotatable bonds is 11. The second-order valence-corrected chi connectivity index (χ2v) is 10.1. The third-order valence-corrected chi connectivity index (χ3v) is 7.80. The van der Waals surface area contributed by atoms with E-state index < -0.39 is 41.6 Å². The van der Waals surface area contributed by atoms with Crippen molar-refractivity contribution in [3.8, 4) is 0 Å². The number of likely N-dealkylation sites (tertiary alicyclic amines) is 1. The molecular formula is C23H35BrN2O6. The Labute approximate surface area is 198 Å². The van der Waals surface area contributed by atoms with Crippen LogP contribution in [0.5, 0.6) is 0 Å². The molecule has 0 saturated carbocycles. The summed E-state index contributed by atoms with van der Waals surface area (Å²) in [4.78, 5) is 43.4. The number of nitrogens with zero attached hydrogens (tertiary/aromatic N) is 2. The first kappa shape index (κ1) is 25.2. The molecule has 1 unspecified atom stereocenters. The summed E-state index contributed by atoms with van der Waals surface area (Å²) in [6, 6.07) is -1.50. The maximum atomic E-state index is 13.9. The normalized spacial score (nSPS) is 33.8. The van der Waals surface area contributed by atoms with E-state index in [1.807, 2.05) is 0 Å². The molecule has 180 valence electrons. The van der Waals surface area contributed by atoms with Crippen molar-refractivity contribution < 1.29 is 29.0 Å². The zero-order valence-electron chi connectivity index (χ0n) is 19.2. The highest BCUT2D eigenvalue weighted by Gasteiger charge is 2.77. The van der Waals surface area contributed by atoms with Crippen LogP contribution in [0.3, 0.4) is 0 Å². The van der Waals surface area contributed by atoms with E-state index in [4.69, 9.17) is 9.47 Å². The SMILES string of the molecule is C=CCN(CCCCC)C(=O)[C@@H]1N([C@H](C)CO)C(=O)[C@H]2[C@H](C(=O)OCC)[C@H]3O[C@@]12CC3Br. The first-order valence-electron chi connectivity index (χ1n) is 11.6. The number of ether oxygens (including phenoxy) is 2. The molecular weight excluding hydrogens is 480 g/mol. The summed E-state index contributed by atoms with van der Waals surface area (Å²) in [6.07, 6.45) is 4.44. The number of fused-ring (bicyclic) bond motifs is 1. The molecule has 0 aromatic heterocycles. The van der Waals surface area contributed by atoms with Gasteiger partial charge in [-0.05, 0) is 26.7 Å². The van der Waals surface area contributed by atoms with Crippen LogP contribution in [0.25, 0.3) is 0 Å². The number of alkyl halides is 1. The summed E-state index contributed by atoms with van der Waals surface area (Å²) in [5.41, 5.74) is -1.13. The second kappa shape index (κ2) is 10.2. The minimum Gasteiger partial charge on any atom is -0.466 e. The standard InChI is InChI=1S/C23H35BrN2O6/c1-5-8-9-11-25(10-6-2)21(29)19-23-12-15(24)18(32-23)16(22(30)31-7-3)17(23)20(28)26(19)14(4)13-27/h6,14-19,27H,2,5,7-13H2,1,3-4H3/t14-,15?,16+,17-,18+,19+,23-/m1/s1. The van der Waals surface area contributed by atoms with E-state index in [0.717, 1.165) is 19.3 Å². The van der Waals surface area contributed by atoms with Crippen LogP contribution >= 0.6 is 15.9 Å². The lowest BCUT2D eigenvalue weighted by Crippen LogP contribution is -2.58. The van der Waals surface area contributed by atoms with Crippen LogP contribution in [0.1, 0.15) is 46.5 Å². The van der Waals surface area contributed by atoms with Crippen molar-refractivity contribution in [1.82, 2.24) is 9.80 Å². The number of aliphatic hydroxyl groups excluding tert-OH is 1. The zero-order valence-corrected chi connectivity index (χ0v) is 20.8. The van der Waals surface area contributed by atoms with Gasteiger partial charge in [0.15, 0.2) is 0 Å². The fraction of sp³-hybridized carbons (Fsp3) is 0.783. The van der Waals surface area contributed by atoms with Gasteiger partial charge in [-0.15, -0.1) is 6.58 Å². The van der Waals surface area contributed by atoms with Crippen LogP contribution in [-0.2, 0) is 23.9 Å². The molecule has 1 N–H and O–H groups in total. The number of aliphatic hydroxyl groups is 1. The monoisotopic (exact) mass is 514 g/mol. The smallest absolute Gasteiger partial charge is 0.312 e. The molecule has 0 aromatic carbocycles. The lowest BCUT2D eigenvalue weighted by molar-refractivity contribution is -0.156. The van der Waals surface area contributed by atoms with Crippen LogP contribution in [0.15, 0.2) is 12.7 Å². The van der Waals surface area contributed by atoms with Gasteiger partial charge < -0.3 is 24.4 Å². The molecule has 1 spiro atoms. The Bertz CT molecular complexity index is 748. The largest absolute Gasteiger partial charge is 0.466 e. The summed E-state index contributed by atoms with van der Waals surface area (Å²) in [5, 5.41) is 9.89. The quantitative estimate of drug-likeness (QED) is 0.196. The average molecular weight is 515 g/mol. The van der Waals surface area contributed by atoms with Crippen molar-refractivity contribution in [3.05, 3.63) is 12.7 Å². The summed E-state index contributed by atoms with van der Waals surface area (Å²) < 4.78 is 11.7. The van der Waals surface area contributed by atoms with E-state index in [2.05, 4.69) is 29.4 Å². The van der Waals surface area contributed by atoms with Gasteiger partial charge in [-0.25, -0.2) is 0 Å². The summed E-state index contributed by atoms with van der Waals surface area (Å²) >= 11 is 3.62. The maximum absolute atomic E-state index is 13.9.